The molecule has 1 aliphatic rings. The molecule has 0 unspecified atom stereocenters. The second kappa shape index (κ2) is 14.6. The normalized spacial score (nSPS) is 15.9. The standard InChI is InChI=1S/C60H40N2/c1-39-34-56(61-55(42-19-6-3-7-20-42)33-32-47(39)41-17-4-2-5-18-41)46-36-54-50-24-11-10-22-48(50)49-23-12-13-26-53(49)60(54)59(38-46)62-57-27-15-14-25-51(57)52-31-30-45(37-58(52)62)44-29-28-40-16-8-9-21-43(40)35-44/h2-32,34-38H,1,33H2/b47-32+,56-34-,61-55+. The second-order valence-corrected chi connectivity index (χ2v) is 16.3. The molecule has 1 aromatic heterocycles. The van der Waals surface area contributed by atoms with Crippen molar-refractivity contribution in [2.75, 3.05) is 0 Å². The van der Waals surface area contributed by atoms with Crippen LogP contribution < -0.4 is 0 Å². The molecule has 0 amide bonds. The number of hydrogen-bond donors (Lipinski definition) is 0. The van der Waals surface area contributed by atoms with E-state index in [-0.39, 0.29) is 0 Å². The summed E-state index contributed by atoms with van der Waals surface area (Å²) in [6.45, 7) is 4.69. The lowest BCUT2D eigenvalue weighted by molar-refractivity contribution is 1.20. The van der Waals surface area contributed by atoms with Crippen LogP contribution in [0.4, 0.5) is 0 Å². The Kier molecular flexibility index (Phi) is 8.43. The van der Waals surface area contributed by atoms with Crippen molar-refractivity contribution in [2.24, 2.45) is 4.99 Å². The minimum Gasteiger partial charge on any atom is -0.309 e. The molecular formula is C60H40N2. The average Bonchev–Trinajstić information content (AvgIpc) is 3.66. The smallest absolute Gasteiger partial charge is 0.0712 e. The lowest BCUT2D eigenvalue weighted by Gasteiger charge is -2.20. The number of rotatable bonds is 5. The Hall–Kier alpha value is -8.07. The van der Waals surface area contributed by atoms with Gasteiger partial charge in [-0.3, -0.25) is 4.99 Å². The molecule has 12 rings (SSSR count). The molecule has 0 saturated heterocycles. The highest BCUT2D eigenvalue weighted by Crippen LogP contribution is 2.44. The van der Waals surface area contributed by atoms with Gasteiger partial charge in [0.2, 0.25) is 0 Å². The molecule has 2 heterocycles. The summed E-state index contributed by atoms with van der Waals surface area (Å²) >= 11 is 0. The Balaban J connectivity index is 1.20. The molecule has 11 aromatic rings. The van der Waals surface area contributed by atoms with Crippen LogP contribution in [-0.4, -0.2) is 10.3 Å². The van der Waals surface area contributed by atoms with Crippen molar-refractivity contribution in [3.8, 4) is 16.8 Å². The van der Waals surface area contributed by atoms with Crippen LogP contribution in [0.1, 0.15) is 23.1 Å². The van der Waals surface area contributed by atoms with E-state index in [0.29, 0.717) is 6.42 Å². The van der Waals surface area contributed by atoms with Gasteiger partial charge in [0, 0.05) is 28.1 Å². The molecule has 2 nitrogen and oxygen atoms in total. The van der Waals surface area contributed by atoms with Crippen LogP contribution in [0.5, 0.6) is 0 Å². The van der Waals surface area contributed by atoms with Crippen LogP contribution in [0.3, 0.4) is 0 Å². The first kappa shape index (κ1) is 35.8. The van der Waals surface area contributed by atoms with Crippen LogP contribution in [0.2, 0.25) is 0 Å². The van der Waals surface area contributed by atoms with Gasteiger partial charge in [-0.25, -0.2) is 0 Å². The highest BCUT2D eigenvalue weighted by molar-refractivity contribution is 6.28. The van der Waals surface area contributed by atoms with Crippen molar-refractivity contribution < 1.29 is 0 Å². The first-order chi connectivity index (χ1) is 30.7. The Morgan fingerprint density at radius 1 is 0.403 bits per heavy atom. The zero-order valence-electron chi connectivity index (χ0n) is 34.1. The third-order valence-electron chi connectivity index (χ3n) is 12.7. The van der Waals surface area contributed by atoms with Gasteiger partial charge in [0.15, 0.2) is 0 Å². The van der Waals surface area contributed by atoms with E-state index in [1.807, 2.05) is 0 Å². The molecule has 62 heavy (non-hydrogen) atoms. The topological polar surface area (TPSA) is 17.3 Å². The molecule has 0 N–H and O–H groups in total. The maximum absolute atomic E-state index is 5.59. The molecule has 1 aliphatic heterocycles. The minimum atomic E-state index is 0.670. The van der Waals surface area contributed by atoms with Crippen LogP contribution in [-0.2, 0) is 0 Å². The molecule has 0 aliphatic carbocycles. The Morgan fingerprint density at radius 2 is 0.984 bits per heavy atom. The van der Waals surface area contributed by atoms with Gasteiger partial charge in [0.05, 0.1) is 28.1 Å². The van der Waals surface area contributed by atoms with E-state index in [9.17, 15) is 0 Å². The Bertz CT molecular complexity index is 3710. The van der Waals surface area contributed by atoms with Crippen molar-refractivity contribution in [1.82, 2.24) is 4.57 Å². The molecule has 0 spiro atoms. The number of hydrogen-bond acceptors (Lipinski definition) is 1. The summed E-state index contributed by atoms with van der Waals surface area (Å²) in [5, 5.41) is 12.2. The number of aromatic nitrogens is 1. The summed E-state index contributed by atoms with van der Waals surface area (Å²) in [4.78, 5) is 5.59. The third-order valence-corrected chi connectivity index (χ3v) is 12.7. The van der Waals surface area contributed by atoms with Crippen molar-refractivity contribution >= 4 is 81.9 Å². The maximum atomic E-state index is 5.59. The van der Waals surface area contributed by atoms with E-state index >= 15 is 0 Å². The van der Waals surface area contributed by atoms with Crippen molar-refractivity contribution in [3.05, 3.63) is 247 Å². The lowest BCUT2D eigenvalue weighted by atomic mass is 9.90. The first-order valence-corrected chi connectivity index (χ1v) is 21.4. The number of benzene rings is 10. The summed E-state index contributed by atoms with van der Waals surface area (Å²) in [6.07, 6.45) is 5.15. The van der Waals surface area contributed by atoms with Crippen molar-refractivity contribution in [2.45, 2.75) is 6.42 Å². The highest BCUT2D eigenvalue weighted by Gasteiger charge is 2.22. The molecule has 0 fully saturated rings. The molecular weight excluding hydrogens is 749 g/mol. The molecule has 290 valence electrons. The monoisotopic (exact) mass is 788 g/mol. The van der Waals surface area contributed by atoms with E-state index in [1.165, 1.54) is 65.0 Å². The lowest BCUT2D eigenvalue weighted by Crippen LogP contribution is -2.04. The molecule has 0 bridgehead atoms. The summed E-state index contributed by atoms with van der Waals surface area (Å²) < 4.78 is 2.51. The summed E-state index contributed by atoms with van der Waals surface area (Å²) in [5.41, 5.74) is 13.0. The molecule has 10 aromatic carbocycles. The molecule has 0 atom stereocenters. The number of nitrogens with zero attached hydrogens (tertiary/aromatic N) is 2. The largest absolute Gasteiger partial charge is 0.309 e. The molecule has 0 saturated carbocycles. The predicted molar refractivity (Wildman–Crippen MR) is 265 cm³/mol. The minimum absolute atomic E-state index is 0.670. The molecule has 2 heteroatoms. The van der Waals surface area contributed by atoms with Gasteiger partial charge in [-0.1, -0.05) is 189 Å². The van der Waals surface area contributed by atoms with Crippen LogP contribution in [0, 0.1) is 0 Å². The third kappa shape index (κ3) is 5.91. The van der Waals surface area contributed by atoms with Gasteiger partial charge >= 0.3 is 0 Å². The number of aliphatic imine (C=N–C) groups is 1. The van der Waals surface area contributed by atoms with Crippen LogP contribution in [0.15, 0.2) is 236 Å². The average molecular weight is 789 g/mol. The fourth-order valence-electron chi connectivity index (χ4n) is 9.79. The van der Waals surface area contributed by atoms with Crippen molar-refractivity contribution in [3.63, 3.8) is 0 Å². The van der Waals surface area contributed by atoms with Gasteiger partial charge in [-0.15, -0.1) is 0 Å². The SMILES string of the molecule is C=C1/C=C(c2cc(-n3c4ccccc4c4ccc(-c5ccc6ccccc6c5)cc43)c3c4ccccc4c4ccccc4c3c2)\N=C(\c2ccccc2)C/C=C\1c1ccccc1. The van der Waals surface area contributed by atoms with Gasteiger partial charge < -0.3 is 4.57 Å². The Labute approximate surface area is 360 Å². The van der Waals surface area contributed by atoms with Crippen LogP contribution >= 0.6 is 0 Å². The summed E-state index contributed by atoms with van der Waals surface area (Å²) in [6, 6.07) is 75.0. The van der Waals surface area contributed by atoms with Gasteiger partial charge in [0.25, 0.3) is 0 Å². The van der Waals surface area contributed by atoms with E-state index in [1.54, 1.807) is 0 Å². The first-order valence-electron chi connectivity index (χ1n) is 21.4. The number of allylic oxidation sites excluding steroid dienone is 4. The van der Waals surface area contributed by atoms with Gasteiger partial charge in [-0.05, 0) is 108 Å². The van der Waals surface area contributed by atoms with E-state index < -0.39 is 0 Å². The quantitative estimate of drug-likeness (QED) is 0.155. The fraction of sp³-hybridized carbons (Fsp3) is 0.0167. The zero-order chi connectivity index (χ0) is 41.1. The van der Waals surface area contributed by atoms with Crippen LogP contribution in [0.25, 0.3) is 93.0 Å². The highest BCUT2D eigenvalue weighted by atomic mass is 15.0. The summed E-state index contributed by atoms with van der Waals surface area (Å²) in [7, 11) is 0. The Morgan fingerprint density at radius 3 is 1.76 bits per heavy atom. The van der Waals surface area contributed by atoms with E-state index in [0.717, 1.165) is 56.0 Å². The zero-order valence-corrected chi connectivity index (χ0v) is 34.1. The number of fused-ring (bicyclic) bond motifs is 10. The number of para-hydroxylation sites is 1. The van der Waals surface area contributed by atoms with E-state index in [4.69, 9.17) is 11.6 Å². The fourth-order valence-corrected chi connectivity index (χ4v) is 9.79. The van der Waals surface area contributed by atoms with Gasteiger partial charge in [0.1, 0.15) is 0 Å². The summed E-state index contributed by atoms with van der Waals surface area (Å²) in [5.74, 6) is 0. The second-order valence-electron chi connectivity index (χ2n) is 16.3. The molecule has 0 radical (unpaired) electrons. The predicted octanol–water partition coefficient (Wildman–Crippen LogP) is 15.9. The maximum Gasteiger partial charge on any atom is 0.0712 e. The van der Waals surface area contributed by atoms with E-state index in [2.05, 4.69) is 223 Å². The van der Waals surface area contributed by atoms with Gasteiger partial charge in [-0.2, -0.15) is 0 Å². The van der Waals surface area contributed by atoms with Crippen molar-refractivity contribution in [1.29, 1.82) is 0 Å².